The number of aliphatic hydroxyl groups is 1. The van der Waals surface area contributed by atoms with Crippen LogP contribution in [-0.4, -0.2) is 13.5 Å². The van der Waals surface area contributed by atoms with Crippen LogP contribution in [0.4, 0.5) is 0 Å². The molecule has 1 heterocycles. The normalized spacial score (nSPS) is 13.3. The molecule has 5 nitrogen and oxygen atoms in total. The average Bonchev–Trinajstić information content (AvgIpc) is 2.87. The minimum atomic E-state index is -3.75. The van der Waals surface area contributed by atoms with Crippen LogP contribution in [0.15, 0.2) is 50.4 Å². The van der Waals surface area contributed by atoms with Gasteiger partial charge >= 0.3 is 0 Å². The van der Waals surface area contributed by atoms with Gasteiger partial charge in [0.2, 0.25) is 5.09 Å². The van der Waals surface area contributed by atoms with Crippen molar-refractivity contribution in [3.63, 3.8) is 0 Å². The highest BCUT2D eigenvalue weighted by Gasteiger charge is 2.22. The first kappa shape index (κ1) is 15.2. The first-order valence-corrected chi connectivity index (χ1v) is 8.17. The third kappa shape index (κ3) is 3.49. The van der Waals surface area contributed by atoms with Crippen LogP contribution in [0, 0.1) is 0 Å². The Morgan fingerprint density at radius 2 is 2.10 bits per heavy atom. The molecule has 0 amide bonds. The lowest BCUT2D eigenvalue weighted by Crippen LogP contribution is -2.26. The van der Waals surface area contributed by atoms with E-state index in [1.54, 1.807) is 6.92 Å². The third-order valence-corrected chi connectivity index (χ3v) is 4.64. The molecule has 0 radical (unpaired) electrons. The second-order valence-corrected chi connectivity index (χ2v) is 6.84. The van der Waals surface area contributed by atoms with E-state index in [1.807, 2.05) is 24.3 Å². The van der Waals surface area contributed by atoms with E-state index in [9.17, 15) is 8.42 Å². The van der Waals surface area contributed by atoms with Crippen LogP contribution in [0.1, 0.15) is 24.3 Å². The summed E-state index contributed by atoms with van der Waals surface area (Å²) in [6.07, 6.45) is 0. The molecule has 0 aliphatic heterocycles. The van der Waals surface area contributed by atoms with Crippen molar-refractivity contribution in [3.8, 4) is 0 Å². The maximum Gasteiger partial charge on any atom is 0.274 e. The van der Waals surface area contributed by atoms with Crippen molar-refractivity contribution in [2.75, 3.05) is 0 Å². The van der Waals surface area contributed by atoms with Gasteiger partial charge in [0.15, 0.2) is 0 Å². The van der Waals surface area contributed by atoms with E-state index in [4.69, 9.17) is 9.52 Å². The summed E-state index contributed by atoms with van der Waals surface area (Å²) in [5, 5.41) is 8.69. The summed E-state index contributed by atoms with van der Waals surface area (Å²) in [5.74, 6) is 0.209. The highest BCUT2D eigenvalue weighted by atomic mass is 79.9. The fourth-order valence-corrected chi connectivity index (χ4v) is 3.32. The lowest BCUT2D eigenvalue weighted by Gasteiger charge is -2.13. The number of hydrogen-bond acceptors (Lipinski definition) is 4. The van der Waals surface area contributed by atoms with E-state index < -0.39 is 16.1 Å². The predicted molar refractivity (Wildman–Crippen MR) is 77.5 cm³/mol. The van der Waals surface area contributed by atoms with Crippen LogP contribution < -0.4 is 4.72 Å². The molecule has 0 aliphatic rings. The van der Waals surface area contributed by atoms with Crippen LogP contribution in [-0.2, 0) is 16.6 Å². The second-order valence-electron chi connectivity index (χ2n) is 4.28. The Hall–Kier alpha value is -1.15. The summed E-state index contributed by atoms with van der Waals surface area (Å²) >= 11 is 3.34. The Labute approximate surface area is 125 Å². The topological polar surface area (TPSA) is 79.5 Å². The van der Waals surface area contributed by atoms with Gasteiger partial charge in [0.1, 0.15) is 12.4 Å². The molecule has 0 saturated heterocycles. The summed E-state index contributed by atoms with van der Waals surface area (Å²) in [6.45, 7) is 1.41. The van der Waals surface area contributed by atoms with Crippen LogP contribution in [0.25, 0.3) is 0 Å². The van der Waals surface area contributed by atoms with Crippen LogP contribution in [0.5, 0.6) is 0 Å². The van der Waals surface area contributed by atoms with Gasteiger partial charge in [-0.25, -0.2) is 13.1 Å². The molecule has 0 spiro atoms. The first-order valence-electron chi connectivity index (χ1n) is 5.90. The van der Waals surface area contributed by atoms with Crippen LogP contribution in [0.2, 0.25) is 0 Å². The van der Waals surface area contributed by atoms with Crippen molar-refractivity contribution in [3.05, 3.63) is 52.2 Å². The highest BCUT2D eigenvalue weighted by molar-refractivity contribution is 9.10. The lowest BCUT2D eigenvalue weighted by molar-refractivity contribution is 0.236. The summed E-state index contributed by atoms with van der Waals surface area (Å²) < 4.78 is 32.7. The van der Waals surface area contributed by atoms with E-state index in [0.717, 1.165) is 10.0 Å². The summed E-state index contributed by atoms with van der Waals surface area (Å²) in [6, 6.07) is 9.72. The molecule has 0 saturated carbocycles. The number of rotatable bonds is 5. The van der Waals surface area contributed by atoms with Gasteiger partial charge in [-0.1, -0.05) is 28.1 Å². The number of hydrogen-bond donors (Lipinski definition) is 2. The van der Waals surface area contributed by atoms with Gasteiger partial charge in [-0.15, -0.1) is 0 Å². The average molecular weight is 360 g/mol. The standard InChI is InChI=1S/C13H14BrNO4S/c1-9(10-3-2-4-11(14)7-10)15-20(17,18)13-6-5-12(8-16)19-13/h2-7,9,15-16H,8H2,1H3. The molecule has 2 aromatic rings. The molecule has 1 unspecified atom stereocenters. The van der Waals surface area contributed by atoms with E-state index >= 15 is 0 Å². The molecule has 108 valence electrons. The Bertz CT molecular complexity index is 696. The Balaban J connectivity index is 2.19. The molecule has 0 fully saturated rings. The number of halogens is 1. The Kier molecular flexibility index (Phi) is 4.64. The van der Waals surface area contributed by atoms with Crippen LogP contribution in [0.3, 0.4) is 0 Å². The van der Waals surface area contributed by atoms with Gasteiger partial charge in [0, 0.05) is 10.5 Å². The molecule has 1 atom stereocenters. The first-order chi connectivity index (χ1) is 9.42. The molecule has 0 bridgehead atoms. The molecule has 0 aliphatic carbocycles. The van der Waals surface area contributed by atoms with E-state index in [0.29, 0.717) is 0 Å². The zero-order chi connectivity index (χ0) is 14.8. The molecule has 2 rings (SSSR count). The van der Waals surface area contributed by atoms with Crippen molar-refractivity contribution in [2.45, 2.75) is 24.7 Å². The minimum Gasteiger partial charge on any atom is -0.446 e. The summed E-state index contributed by atoms with van der Waals surface area (Å²) in [7, 11) is -3.75. The molecular weight excluding hydrogens is 346 g/mol. The zero-order valence-corrected chi connectivity index (χ0v) is 13.1. The number of sulfonamides is 1. The number of furan rings is 1. The second kappa shape index (κ2) is 6.09. The third-order valence-electron chi connectivity index (χ3n) is 2.74. The van der Waals surface area contributed by atoms with E-state index in [-0.39, 0.29) is 17.5 Å². The molecular formula is C13H14BrNO4S. The zero-order valence-electron chi connectivity index (χ0n) is 10.7. The van der Waals surface area contributed by atoms with E-state index in [1.165, 1.54) is 12.1 Å². The van der Waals surface area contributed by atoms with Gasteiger partial charge in [-0.3, -0.25) is 0 Å². The van der Waals surface area contributed by atoms with Crippen molar-refractivity contribution in [1.82, 2.24) is 4.72 Å². The predicted octanol–water partition coefficient (Wildman–Crippen LogP) is 2.57. The molecule has 2 N–H and O–H groups in total. The number of nitrogens with one attached hydrogen (secondary N) is 1. The molecule has 7 heteroatoms. The smallest absolute Gasteiger partial charge is 0.274 e. The van der Waals surface area contributed by atoms with Crippen molar-refractivity contribution in [1.29, 1.82) is 0 Å². The molecule has 1 aromatic carbocycles. The summed E-state index contributed by atoms with van der Waals surface area (Å²) in [4.78, 5) is 0. The Morgan fingerprint density at radius 1 is 1.35 bits per heavy atom. The molecule has 20 heavy (non-hydrogen) atoms. The molecule has 1 aromatic heterocycles. The van der Waals surface area contributed by atoms with Gasteiger partial charge in [0.05, 0.1) is 0 Å². The van der Waals surface area contributed by atoms with Crippen molar-refractivity contribution >= 4 is 26.0 Å². The fourth-order valence-electron chi connectivity index (χ4n) is 1.72. The number of benzene rings is 1. The maximum absolute atomic E-state index is 12.1. The number of aliphatic hydroxyl groups excluding tert-OH is 1. The highest BCUT2D eigenvalue weighted by Crippen LogP contribution is 2.21. The van der Waals surface area contributed by atoms with Crippen molar-refractivity contribution < 1.29 is 17.9 Å². The lowest BCUT2D eigenvalue weighted by atomic mass is 10.1. The quantitative estimate of drug-likeness (QED) is 0.859. The van der Waals surface area contributed by atoms with Crippen LogP contribution >= 0.6 is 15.9 Å². The fraction of sp³-hybridized carbons (Fsp3) is 0.231. The maximum atomic E-state index is 12.1. The minimum absolute atomic E-state index is 0.205. The Morgan fingerprint density at radius 3 is 2.70 bits per heavy atom. The van der Waals surface area contributed by atoms with Gasteiger partial charge in [0.25, 0.3) is 10.0 Å². The summed E-state index contributed by atoms with van der Waals surface area (Å²) in [5.41, 5.74) is 0.830. The van der Waals surface area contributed by atoms with Gasteiger partial charge in [-0.05, 0) is 36.8 Å². The largest absolute Gasteiger partial charge is 0.446 e. The van der Waals surface area contributed by atoms with E-state index in [2.05, 4.69) is 20.7 Å². The SMILES string of the molecule is CC(NS(=O)(=O)c1ccc(CO)o1)c1cccc(Br)c1. The van der Waals surface area contributed by atoms with Crippen molar-refractivity contribution in [2.24, 2.45) is 0 Å². The van der Waals surface area contributed by atoms with Gasteiger partial charge < -0.3 is 9.52 Å². The van der Waals surface area contributed by atoms with Gasteiger partial charge in [-0.2, -0.15) is 0 Å². The monoisotopic (exact) mass is 359 g/mol.